The topological polar surface area (TPSA) is 173 Å². The van der Waals surface area contributed by atoms with Crippen molar-refractivity contribution in [2.45, 2.75) is 95.4 Å². The summed E-state index contributed by atoms with van der Waals surface area (Å²) in [5.41, 5.74) is 0. The van der Waals surface area contributed by atoms with Crippen LogP contribution in [-0.4, -0.2) is 211 Å². The number of carbonyl (C=O) groups is 7. The Morgan fingerprint density at radius 2 is 1.07 bits per heavy atom. The molecule has 0 aromatic rings. The molecule has 17 heteroatoms. The summed E-state index contributed by atoms with van der Waals surface area (Å²) >= 11 is 0. The maximum atomic E-state index is 10.7. The van der Waals surface area contributed by atoms with Crippen LogP contribution in [0, 0.1) is 0 Å². The number of nitrogens with one attached hydrogen (secondary N) is 1. The van der Waals surface area contributed by atoms with Crippen molar-refractivity contribution in [2.75, 3.05) is 135 Å². The number of hydrogen-bond acceptors (Lipinski definition) is 11. The molecule has 356 valence electrons. The van der Waals surface area contributed by atoms with Crippen molar-refractivity contribution in [1.82, 2.24) is 39.6 Å². The van der Waals surface area contributed by atoms with Gasteiger partial charge < -0.3 is 49.1 Å². The zero-order valence-electron chi connectivity index (χ0n) is 40.3. The summed E-state index contributed by atoms with van der Waals surface area (Å²) in [6.45, 7) is 25.1. The van der Waals surface area contributed by atoms with E-state index < -0.39 is 0 Å². The Balaban J connectivity index is -0.000000140. The van der Waals surface area contributed by atoms with Crippen molar-refractivity contribution in [3.63, 3.8) is 0 Å². The number of nitrogens with zero attached hydrogens (tertiary/aromatic N) is 7. The molecule has 60 heavy (non-hydrogen) atoms. The molecule has 4 rings (SSSR count). The maximum Gasteiger partial charge on any atom is 0.248 e. The number of allylic oxidation sites excluding steroid dienone is 1. The molecule has 0 bridgehead atoms. The van der Waals surface area contributed by atoms with E-state index in [1.807, 2.05) is 60.8 Å². The van der Waals surface area contributed by atoms with Crippen LogP contribution < -0.4 is 5.32 Å². The monoisotopic (exact) mass is 863 g/mol. The van der Waals surface area contributed by atoms with Crippen LogP contribution in [0.2, 0.25) is 0 Å². The number of likely N-dealkylation sites (N-methyl/N-ethyl adjacent to an activating group) is 3. The Bertz CT molecular complexity index is 1140. The van der Waals surface area contributed by atoms with Crippen LogP contribution in [0.1, 0.15) is 95.4 Å². The summed E-state index contributed by atoms with van der Waals surface area (Å²) in [5, 5.41) is 2.70. The van der Waals surface area contributed by atoms with Crippen molar-refractivity contribution in [1.29, 1.82) is 0 Å². The van der Waals surface area contributed by atoms with Gasteiger partial charge in [-0.3, -0.25) is 33.6 Å². The lowest BCUT2D eigenvalue weighted by molar-refractivity contribution is -0.140. The molecule has 0 radical (unpaired) electrons. The highest BCUT2D eigenvalue weighted by Gasteiger charge is 2.15. The van der Waals surface area contributed by atoms with Crippen LogP contribution in [0.3, 0.4) is 0 Å². The van der Waals surface area contributed by atoms with Gasteiger partial charge in [0, 0.05) is 129 Å². The number of morpholine rings is 2. The molecule has 4 heterocycles. The summed E-state index contributed by atoms with van der Waals surface area (Å²) in [7, 11) is 14.6. The third kappa shape index (κ3) is 46.6. The largest absolute Gasteiger partial charge is 0.394 e. The van der Waals surface area contributed by atoms with Crippen LogP contribution in [0.4, 0.5) is 0 Å². The normalized spacial score (nSPS) is 14.7. The zero-order chi connectivity index (χ0) is 46.9. The van der Waals surface area contributed by atoms with Crippen molar-refractivity contribution in [2.24, 2.45) is 0 Å². The number of ether oxygens (including phenoxy) is 2. The third-order valence-corrected chi connectivity index (χ3v) is 8.07. The van der Waals surface area contributed by atoms with Crippen molar-refractivity contribution in [3.05, 3.63) is 12.3 Å². The summed E-state index contributed by atoms with van der Waals surface area (Å²) in [4.78, 5) is 85.6. The lowest BCUT2D eigenvalue weighted by atomic mass is 10.4. The van der Waals surface area contributed by atoms with Crippen LogP contribution in [0.5, 0.6) is 0 Å². The molecule has 4 aliphatic heterocycles. The van der Waals surface area contributed by atoms with E-state index in [-0.39, 0.29) is 49.4 Å². The first-order valence-corrected chi connectivity index (χ1v) is 20.7. The zero-order valence-corrected chi connectivity index (χ0v) is 40.3. The first-order chi connectivity index (χ1) is 27.7. The first-order valence-electron chi connectivity index (χ1n) is 20.7. The fourth-order valence-electron chi connectivity index (χ4n) is 4.00. The molecule has 4 fully saturated rings. The average molecular weight is 863 g/mol. The van der Waals surface area contributed by atoms with Crippen molar-refractivity contribution in [3.8, 4) is 0 Å². The predicted octanol–water partition coefficient (Wildman–Crippen LogP) is 3.33. The predicted molar refractivity (Wildman–Crippen MR) is 244 cm³/mol. The molecule has 0 atom stereocenters. The molecule has 17 nitrogen and oxygen atoms in total. The number of amides is 6. The number of carbonyl (C=O) groups excluding carboxylic acids is 7. The SMILES string of the molecule is C.CC.CC.CC(=O)N(C)C.CC(=O)N(C)CCN(C)C.CC(=O)N1CCCC1.CC(=O)N1CCOCC1.CN/C=C\C(C)=O.CN1CCCC1=O.CN1CCOCC1=O. The second-order valence-corrected chi connectivity index (χ2v) is 13.5. The molecule has 0 saturated carbocycles. The Hall–Kier alpha value is -4.09. The van der Waals surface area contributed by atoms with Crippen LogP contribution in [0.25, 0.3) is 0 Å². The first kappa shape index (κ1) is 67.7. The van der Waals surface area contributed by atoms with Gasteiger partial charge >= 0.3 is 0 Å². The molecular weight excluding hydrogens is 773 g/mol. The number of hydrogen-bond donors (Lipinski definition) is 1. The molecular formula is C43H90N8O9. The standard InChI is InChI=1S/C7H16N2O.C6H11NO2.C6H11NO.C5H9NO2.2C5H9NO.C4H9NO.2C2H6.CH4/c1-7(10)9(4)6-5-8(2)3;1-6(8)7-2-4-9-5-3-7;1-6(8)7-4-2-3-5-7;1-6-2-3-8-4-5(6)7;1-6-4-2-3-5(6)7;1-5(7)3-4-6-2;1-4(6)5(2)3;2*1-2;/h5-6H2,1-4H3;2-5H2,1H3;2-5H2,1H3;2-4H2,1H3;2-4H2,1H3;3-4,6H,1-2H3;1-3H3;2*1-2H3;1H4/b;;;;;4-3-;;;;. The highest BCUT2D eigenvalue weighted by atomic mass is 16.5. The summed E-state index contributed by atoms with van der Waals surface area (Å²) in [5.74, 6) is 1.03. The fraction of sp³-hybridized carbons (Fsp3) is 0.791. The molecule has 0 aromatic carbocycles. The Kier molecular flexibility index (Phi) is 51.9. The van der Waals surface area contributed by atoms with E-state index in [0.717, 1.165) is 65.2 Å². The van der Waals surface area contributed by atoms with E-state index in [9.17, 15) is 33.6 Å². The van der Waals surface area contributed by atoms with Crippen LogP contribution in [0.15, 0.2) is 12.3 Å². The minimum Gasteiger partial charge on any atom is -0.394 e. The smallest absolute Gasteiger partial charge is 0.248 e. The second kappa shape index (κ2) is 46.0. The minimum atomic E-state index is 0. The lowest BCUT2D eigenvalue weighted by Gasteiger charge is -2.25. The van der Waals surface area contributed by atoms with E-state index in [1.165, 1.54) is 37.7 Å². The highest BCUT2D eigenvalue weighted by Crippen LogP contribution is 2.06. The van der Waals surface area contributed by atoms with Gasteiger partial charge in [0.15, 0.2) is 5.78 Å². The van der Waals surface area contributed by atoms with Gasteiger partial charge in [0.2, 0.25) is 35.4 Å². The third-order valence-electron chi connectivity index (χ3n) is 8.07. The Morgan fingerprint density at radius 1 is 0.633 bits per heavy atom. The van der Waals surface area contributed by atoms with Gasteiger partial charge in [0.05, 0.1) is 19.8 Å². The molecule has 0 aromatic heterocycles. The van der Waals surface area contributed by atoms with Gasteiger partial charge in [-0.15, -0.1) is 0 Å². The van der Waals surface area contributed by atoms with E-state index in [1.54, 1.807) is 74.8 Å². The highest BCUT2D eigenvalue weighted by molar-refractivity contribution is 5.87. The van der Waals surface area contributed by atoms with E-state index in [2.05, 4.69) is 10.2 Å². The Labute approximate surface area is 366 Å². The molecule has 6 amide bonds. The van der Waals surface area contributed by atoms with E-state index >= 15 is 0 Å². The maximum absolute atomic E-state index is 10.7. The summed E-state index contributed by atoms with van der Waals surface area (Å²) < 4.78 is 9.92. The Morgan fingerprint density at radius 3 is 1.28 bits per heavy atom. The molecule has 0 unspecified atom stereocenters. The molecule has 0 spiro atoms. The van der Waals surface area contributed by atoms with Crippen LogP contribution >= 0.6 is 0 Å². The number of likely N-dealkylation sites (tertiary alicyclic amines) is 2. The fourth-order valence-corrected chi connectivity index (χ4v) is 4.00. The van der Waals surface area contributed by atoms with E-state index in [4.69, 9.17) is 9.47 Å². The molecule has 4 saturated heterocycles. The summed E-state index contributed by atoms with van der Waals surface area (Å²) in [6, 6.07) is 0. The van der Waals surface area contributed by atoms with Gasteiger partial charge in [-0.1, -0.05) is 35.1 Å². The van der Waals surface area contributed by atoms with Gasteiger partial charge in [-0.2, -0.15) is 0 Å². The molecule has 0 aliphatic carbocycles. The van der Waals surface area contributed by atoms with Crippen LogP contribution in [-0.2, 0) is 43.0 Å². The van der Waals surface area contributed by atoms with Crippen molar-refractivity contribution < 1.29 is 43.0 Å². The lowest BCUT2D eigenvalue weighted by Crippen LogP contribution is -2.39. The van der Waals surface area contributed by atoms with E-state index in [0.29, 0.717) is 25.7 Å². The minimum absolute atomic E-state index is 0. The second-order valence-electron chi connectivity index (χ2n) is 13.5. The van der Waals surface area contributed by atoms with Gasteiger partial charge in [0.25, 0.3) is 0 Å². The van der Waals surface area contributed by atoms with Crippen molar-refractivity contribution >= 4 is 41.2 Å². The van der Waals surface area contributed by atoms with Gasteiger partial charge in [-0.05, 0) is 52.6 Å². The quantitative estimate of drug-likeness (QED) is 0.402. The van der Waals surface area contributed by atoms with Gasteiger partial charge in [0.1, 0.15) is 6.61 Å². The molecule has 4 aliphatic rings. The number of ketones is 1. The van der Waals surface area contributed by atoms with Gasteiger partial charge in [-0.25, -0.2) is 0 Å². The summed E-state index contributed by atoms with van der Waals surface area (Å²) in [6.07, 6.45) is 7.27. The average Bonchev–Trinajstić information content (AvgIpc) is 3.89. The molecule has 1 N–H and O–H groups in total. The number of rotatable bonds is 5.